The lowest BCUT2D eigenvalue weighted by molar-refractivity contribution is -0.144. The minimum absolute atomic E-state index is 0.0531. The van der Waals surface area contributed by atoms with Gasteiger partial charge in [-0.1, -0.05) is 6.07 Å². The molecule has 0 bridgehead atoms. The van der Waals surface area contributed by atoms with E-state index >= 15 is 0 Å². The third-order valence-electron chi connectivity index (χ3n) is 3.18. The Kier molecular flexibility index (Phi) is 8.11. The second-order valence-electron chi connectivity index (χ2n) is 5.17. The Morgan fingerprint density at radius 3 is 2.04 bits per heavy atom. The molecule has 0 unspecified atom stereocenters. The molecule has 1 aromatic rings. The highest BCUT2D eigenvalue weighted by molar-refractivity contribution is 5.94. The topological polar surface area (TPSA) is 108 Å². The molecule has 0 aromatic heterocycles. The Morgan fingerprint density at radius 1 is 0.880 bits per heavy atom. The molecular weight excluding hydrogens is 330 g/mol. The molecule has 0 saturated heterocycles. The van der Waals surface area contributed by atoms with E-state index in [-0.39, 0.29) is 31.4 Å². The van der Waals surface area contributed by atoms with Crippen LogP contribution in [0.15, 0.2) is 18.2 Å². The van der Waals surface area contributed by atoms with E-state index in [0.29, 0.717) is 5.69 Å². The van der Waals surface area contributed by atoms with Gasteiger partial charge in [0.05, 0.1) is 39.2 Å². The van der Waals surface area contributed by atoms with E-state index in [1.807, 2.05) is 0 Å². The molecule has 8 heteroatoms. The molecule has 0 saturated carbocycles. The largest absolute Gasteiger partial charge is 0.469 e. The first-order chi connectivity index (χ1) is 11.8. The van der Waals surface area contributed by atoms with Crippen LogP contribution < -0.4 is 10.1 Å². The minimum Gasteiger partial charge on any atom is -0.469 e. The second-order valence-corrected chi connectivity index (χ2v) is 5.17. The third kappa shape index (κ3) is 7.47. The smallest absolute Gasteiger partial charge is 0.311 e. The van der Waals surface area contributed by atoms with Crippen molar-refractivity contribution in [2.45, 2.75) is 32.6 Å². The van der Waals surface area contributed by atoms with E-state index in [9.17, 15) is 19.2 Å². The Balaban J connectivity index is 2.71. The summed E-state index contributed by atoms with van der Waals surface area (Å²) in [5.74, 6) is -1.88. The summed E-state index contributed by atoms with van der Waals surface area (Å²) < 4.78 is 14.1. The number of hydrogen-bond acceptors (Lipinski definition) is 7. The zero-order chi connectivity index (χ0) is 18.8. The lowest BCUT2D eigenvalue weighted by atomic mass is 10.2. The van der Waals surface area contributed by atoms with Crippen molar-refractivity contribution in [3.05, 3.63) is 23.8 Å². The first-order valence-electron chi connectivity index (χ1n) is 7.60. The first kappa shape index (κ1) is 20.1. The maximum absolute atomic E-state index is 11.9. The van der Waals surface area contributed by atoms with Crippen LogP contribution in [0.3, 0.4) is 0 Å². The fourth-order valence-corrected chi connectivity index (χ4v) is 1.83. The molecule has 0 aliphatic carbocycles. The zero-order valence-electron chi connectivity index (χ0n) is 14.4. The average molecular weight is 351 g/mol. The number of esters is 3. The van der Waals surface area contributed by atoms with Gasteiger partial charge in [0.15, 0.2) is 5.75 Å². The fraction of sp³-hybridized carbons (Fsp3) is 0.412. The van der Waals surface area contributed by atoms with Crippen LogP contribution in [0.1, 0.15) is 31.2 Å². The maximum Gasteiger partial charge on any atom is 0.311 e. The van der Waals surface area contributed by atoms with Gasteiger partial charge < -0.3 is 19.5 Å². The van der Waals surface area contributed by atoms with Crippen molar-refractivity contribution in [1.82, 2.24) is 0 Å². The second kappa shape index (κ2) is 10.1. The van der Waals surface area contributed by atoms with Gasteiger partial charge in [0.2, 0.25) is 5.91 Å². The van der Waals surface area contributed by atoms with Crippen LogP contribution in [0.4, 0.5) is 5.69 Å². The standard InChI is InChI=1S/C17H21NO7/c1-11-4-5-12(18-14(19)6-7-15(20)23-2)13(10-11)25-17(22)9-8-16(21)24-3/h4-5,10H,6-9H2,1-3H3,(H,18,19). The van der Waals surface area contributed by atoms with Crippen LogP contribution in [0.25, 0.3) is 0 Å². The van der Waals surface area contributed by atoms with Crippen molar-refractivity contribution in [2.75, 3.05) is 19.5 Å². The van der Waals surface area contributed by atoms with Crippen molar-refractivity contribution < 1.29 is 33.4 Å². The van der Waals surface area contributed by atoms with Crippen LogP contribution in [0.5, 0.6) is 5.75 Å². The summed E-state index contributed by atoms with van der Waals surface area (Å²) in [4.78, 5) is 45.9. The van der Waals surface area contributed by atoms with Crippen LogP contribution in [0, 0.1) is 6.92 Å². The van der Waals surface area contributed by atoms with E-state index in [2.05, 4.69) is 14.8 Å². The van der Waals surface area contributed by atoms with Gasteiger partial charge in [0.1, 0.15) is 0 Å². The number of rotatable bonds is 8. The summed E-state index contributed by atoms with van der Waals surface area (Å²) in [7, 11) is 2.47. The molecule has 0 fully saturated rings. The Bertz CT molecular complexity index is 654. The number of benzene rings is 1. The highest BCUT2D eigenvalue weighted by atomic mass is 16.5. The molecule has 1 amide bonds. The predicted octanol–water partition coefficient (Wildman–Crippen LogP) is 1.75. The molecule has 0 aliphatic heterocycles. The van der Waals surface area contributed by atoms with Crippen molar-refractivity contribution in [3.63, 3.8) is 0 Å². The van der Waals surface area contributed by atoms with E-state index < -0.39 is 23.8 Å². The maximum atomic E-state index is 11.9. The SMILES string of the molecule is COC(=O)CCC(=O)Nc1ccc(C)cc1OC(=O)CCC(=O)OC. The summed E-state index contributed by atoms with van der Waals surface area (Å²) in [6.07, 6.45) is -0.350. The van der Waals surface area contributed by atoms with Crippen LogP contribution in [-0.4, -0.2) is 38.0 Å². The highest BCUT2D eigenvalue weighted by Crippen LogP contribution is 2.26. The van der Waals surface area contributed by atoms with Crippen LogP contribution in [-0.2, 0) is 28.7 Å². The number of ether oxygens (including phenoxy) is 3. The number of carbonyl (C=O) groups is 4. The molecule has 1 rings (SSSR count). The van der Waals surface area contributed by atoms with Crippen molar-refractivity contribution in [2.24, 2.45) is 0 Å². The molecule has 0 radical (unpaired) electrons. The van der Waals surface area contributed by atoms with Crippen molar-refractivity contribution >= 4 is 29.5 Å². The van der Waals surface area contributed by atoms with Gasteiger partial charge in [-0.25, -0.2) is 0 Å². The van der Waals surface area contributed by atoms with Gasteiger partial charge >= 0.3 is 17.9 Å². The molecule has 0 spiro atoms. The molecule has 0 atom stereocenters. The molecule has 1 aromatic carbocycles. The molecule has 0 heterocycles. The van der Waals surface area contributed by atoms with Gasteiger partial charge in [-0.05, 0) is 24.6 Å². The number of anilines is 1. The van der Waals surface area contributed by atoms with E-state index in [1.165, 1.54) is 14.2 Å². The lowest BCUT2D eigenvalue weighted by Crippen LogP contribution is -2.16. The molecule has 8 nitrogen and oxygen atoms in total. The number of amides is 1. The number of aryl methyl sites for hydroxylation is 1. The normalized spacial score (nSPS) is 9.88. The van der Waals surface area contributed by atoms with Gasteiger partial charge in [0.25, 0.3) is 0 Å². The van der Waals surface area contributed by atoms with Crippen molar-refractivity contribution in [3.8, 4) is 5.75 Å². The summed E-state index contributed by atoms with van der Waals surface area (Å²) in [5, 5.41) is 2.58. The predicted molar refractivity (Wildman–Crippen MR) is 87.9 cm³/mol. The molecule has 1 N–H and O–H groups in total. The minimum atomic E-state index is -0.624. The number of methoxy groups -OCH3 is 2. The summed E-state index contributed by atoms with van der Waals surface area (Å²) in [6, 6.07) is 4.92. The van der Waals surface area contributed by atoms with Crippen molar-refractivity contribution in [1.29, 1.82) is 0 Å². The van der Waals surface area contributed by atoms with Crippen LogP contribution in [0.2, 0.25) is 0 Å². The molecule has 136 valence electrons. The summed E-state index contributed by atoms with van der Waals surface area (Å²) in [5.41, 5.74) is 1.12. The number of carbonyl (C=O) groups excluding carboxylic acids is 4. The van der Waals surface area contributed by atoms with Gasteiger partial charge in [-0.3, -0.25) is 19.2 Å². The Labute approximate surface area is 145 Å². The molecule has 25 heavy (non-hydrogen) atoms. The quantitative estimate of drug-likeness (QED) is 0.561. The fourth-order valence-electron chi connectivity index (χ4n) is 1.83. The number of nitrogens with one attached hydrogen (secondary N) is 1. The Morgan fingerprint density at radius 2 is 1.44 bits per heavy atom. The summed E-state index contributed by atoms with van der Waals surface area (Å²) in [6.45, 7) is 1.80. The van der Waals surface area contributed by atoms with E-state index in [4.69, 9.17) is 4.74 Å². The molecular formula is C17H21NO7. The highest BCUT2D eigenvalue weighted by Gasteiger charge is 2.14. The van der Waals surface area contributed by atoms with E-state index in [1.54, 1.807) is 25.1 Å². The summed E-state index contributed by atoms with van der Waals surface area (Å²) >= 11 is 0. The lowest BCUT2D eigenvalue weighted by Gasteiger charge is -2.12. The number of hydrogen-bond donors (Lipinski definition) is 1. The van der Waals surface area contributed by atoms with Gasteiger partial charge in [0, 0.05) is 6.42 Å². The van der Waals surface area contributed by atoms with E-state index in [0.717, 1.165) is 5.56 Å². The van der Waals surface area contributed by atoms with Gasteiger partial charge in [-0.15, -0.1) is 0 Å². The monoisotopic (exact) mass is 351 g/mol. The van der Waals surface area contributed by atoms with Crippen LogP contribution >= 0.6 is 0 Å². The van der Waals surface area contributed by atoms with Gasteiger partial charge in [-0.2, -0.15) is 0 Å². The Hall–Kier alpha value is -2.90. The first-order valence-corrected chi connectivity index (χ1v) is 7.60. The molecule has 0 aliphatic rings. The third-order valence-corrected chi connectivity index (χ3v) is 3.18. The zero-order valence-corrected chi connectivity index (χ0v) is 14.4. The average Bonchev–Trinajstić information content (AvgIpc) is 2.59.